The van der Waals surface area contributed by atoms with Crippen LogP contribution in [0, 0.1) is 11.8 Å². The summed E-state index contributed by atoms with van der Waals surface area (Å²) in [6.07, 6.45) is 9.35. The summed E-state index contributed by atoms with van der Waals surface area (Å²) in [6, 6.07) is 8.89. The Morgan fingerprint density at radius 3 is 2.32 bits per heavy atom. The number of amides is 3. The first-order valence-corrected chi connectivity index (χ1v) is 14.0. The minimum atomic E-state index is -0.841. The molecular weight excluding hydrogens is 486 g/mol. The van der Waals surface area contributed by atoms with Crippen LogP contribution in [0.25, 0.3) is 0 Å². The van der Waals surface area contributed by atoms with Crippen LogP contribution < -0.4 is 4.90 Å². The molecule has 0 aromatic heterocycles. The van der Waals surface area contributed by atoms with Crippen LogP contribution in [0.3, 0.4) is 0 Å². The highest BCUT2D eigenvalue weighted by Crippen LogP contribution is 2.65. The third-order valence-corrected chi connectivity index (χ3v) is 10.0. The predicted octanol–water partition coefficient (Wildman–Crippen LogP) is 3.25. The Morgan fingerprint density at radius 1 is 0.946 bits per heavy atom. The number of rotatable bonds is 5. The van der Waals surface area contributed by atoms with E-state index in [4.69, 9.17) is 0 Å². The number of fused-ring (bicyclic) bond motifs is 2. The number of aliphatic hydroxyl groups excluding tert-OH is 1. The van der Waals surface area contributed by atoms with Gasteiger partial charge in [-0.1, -0.05) is 42.5 Å². The third kappa shape index (κ3) is 4.04. The van der Waals surface area contributed by atoms with Crippen molar-refractivity contribution >= 4 is 35.2 Å². The summed E-state index contributed by atoms with van der Waals surface area (Å²) in [6.45, 7) is 9.41. The Bertz CT molecular complexity index is 1150. The zero-order valence-corrected chi connectivity index (χ0v) is 22.9. The summed E-state index contributed by atoms with van der Waals surface area (Å²) in [5.74, 6) is -1.53. The molecule has 4 aliphatic rings. The van der Waals surface area contributed by atoms with Gasteiger partial charge >= 0.3 is 0 Å². The van der Waals surface area contributed by atoms with Gasteiger partial charge in [0, 0.05) is 42.2 Å². The maximum atomic E-state index is 14.3. The maximum absolute atomic E-state index is 14.3. The summed E-state index contributed by atoms with van der Waals surface area (Å²) in [5, 5.41) is 9.38. The third-order valence-electron chi connectivity index (χ3n) is 8.24. The van der Waals surface area contributed by atoms with E-state index in [1.54, 1.807) is 21.6 Å². The van der Waals surface area contributed by atoms with Crippen LogP contribution in [0.2, 0.25) is 0 Å². The van der Waals surface area contributed by atoms with E-state index in [-0.39, 0.29) is 24.3 Å². The van der Waals surface area contributed by atoms with Crippen LogP contribution in [0.1, 0.15) is 40.5 Å². The van der Waals surface area contributed by atoms with Gasteiger partial charge in [-0.3, -0.25) is 14.4 Å². The quantitative estimate of drug-likeness (QED) is 0.473. The number of para-hydroxylation sites is 1. The Labute approximate surface area is 223 Å². The van der Waals surface area contributed by atoms with Crippen LogP contribution >= 0.6 is 11.8 Å². The molecule has 5 atom stereocenters. The van der Waals surface area contributed by atoms with Crippen LogP contribution in [0.5, 0.6) is 0 Å². The van der Waals surface area contributed by atoms with Gasteiger partial charge in [0.2, 0.25) is 17.7 Å². The monoisotopic (exact) mass is 523 g/mol. The van der Waals surface area contributed by atoms with Gasteiger partial charge in [0.05, 0.1) is 16.6 Å². The van der Waals surface area contributed by atoms with Crippen molar-refractivity contribution in [1.82, 2.24) is 9.80 Å². The number of hydrogen-bond acceptors (Lipinski definition) is 5. The van der Waals surface area contributed by atoms with Crippen molar-refractivity contribution in [2.24, 2.45) is 11.8 Å². The number of aliphatic hydroxyl groups is 1. The molecule has 1 aromatic carbocycles. The fraction of sp³-hybridized carbons (Fsp3) is 0.552. The lowest BCUT2D eigenvalue weighted by atomic mass is 9.74. The molecule has 4 aliphatic heterocycles. The molecule has 198 valence electrons. The highest BCUT2D eigenvalue weighted by molar-refractivity contribution is 8.02. The first-order chi connectivity index (χ1) is 17.5. The van der Waals surface area contributed by atoms with E-state index in [1.165, 1.54) is 0 Å². The van der Waals surface area contributed by atoms with E-state index in [0.717, 1.165) is 5.69 Å². The number of anilines is 1. The smallest absolute Gasteiger partial charge is 0.247 e. The summed E-state index contributed by atoms with van der Waals surface area (Å²) < 4.78 is -1.47. The molecule has 0 bridgehead atoms. The molecule has 1 spiro atoms. The highest BCUT2D eigenvalue weighted by Gasteiger charge is 2.74. The second kappa shape index (κ2) is 9.31. The number of nitrogens with zero attached hydrogens (tertiary/aromatic N) is 3. The molecule has 1 N–H and O–H groups in total. The molecular formula is C29H37N3O4S. The lowest BCUT2D eigenvalue weighted by Crippen LogP contribution is -2.57. The Hall–Kier alpha value is -2.58. The molecule has 1 aromatic rings. The summed E-state index contributed by atoms with van der Waals surface area (Å²) >= 11 is 1.61. The van der Waals surface area contributed by atoms with E-state index in [9.17, 15) is 19.5 Å². The molecule has 3 amide bonds. The largest absolute Gasteiger partial charge is 0.396 e. The first-order valence-electron chi connectivity index (χ1n) is 13.2. The second-order valence-corrected chi connectivity index (χ2v) is 13.5. The fourth-order valence-corrected chi connectivity index (χ4v) is 8.76. The van der Waals surface area contributed by atoms with Gasteiger partial charge < -0.3 is 19.8 Å². The van der Waals surface area contributed by atoms with Gasteiger partial charge in [-0.15, -0.1) is 11.8 Å². The molecule has 0 aliphatic carbocycles. The predicted molar refractivity (Wildman–Crippen MR) is 146 cm³/mol. The summed E-state index contributed by atoms with van der Waals surface area (Å²) in [7, 11) is 0. The molecule has 1 unspecified atom stereocenters. The van der Waals surface area contributed by atoms with Crippen molar-refractivity contribution in [3.63, 3.8) is 0 Å². The fourth-order valence-electron chi connectivity index (χ4n) is 6.60. The number of unbranched alkanes of at least 4 members (excludes halogenated alkanes) is 1. The van der Waals surface area contributed by atoms with E-state index in [0.29, 0.717) is 32.5 Å². The maximum Gasteiger partial charge on any atom is 0.247 e. The van der Waals surface area contributed by atoms with Crippen LogP contribution in [-0.2, 0) is 14.4 Å². The molecule has 4 heterocycles. The molecule has 0 saturated carbocycles. The standard InChI is InChI=1S/C29H37N3O4S/c1-27(2,3)32-18-11-15-29-22(25(35)31(16-8-9-19-33)23(29)26(32)36)21-24(34)30(20-12-6-5-7-13-20)17-10-14-28(21,4)37-29/h5-7,10-15,21-23,33H,8-9,16-19H2,1-4H3/t21-,22-,23?,28+,29-/m0/s1. The van der Waals surface area contributed by atoms with Crippen molar-refractivity contribution in [2.45, 2.75) is 61.6 Å². The number of likely N-dealkylation sites (tertiary alicyclic amines) is 1. The number of carbonyl (C=O) groups excluding carboxylic acids is 3. The second-order valence-electron chi connectivity index (χ2n) is 11.7. The van der Waals surface area contributed by atoms with Crippen LogP contribution in [0.15, 0.2) is 54.6 Å². The molecule has 7 nitrogen and oxygen atoms in total. The van der Waals surface area contributed by atoms with Crippen molar-refractivity contribution in [2.75, 3.05) is 31.1 Å². The van der Waals surface area contributed by atoms with Gasteiger partial charge in [-0.2, -0.15) is 0 Å². The molecule has 2 saturated heterocycles. The first kappa shape index (κ1) is 26.0. The van der Waals surface area contributed by atoms with Gasteiger partial charge in [0.1, 0.15) is 6.04 Å². The number of benzene rings is 1. The van der Waals surface area contributed by atoms with Crippen molar-refractivity contribution in [3.05, 3.63) is 54.6 Å². The average molecular weight is 524 g/mol. The van der Waals surface area contributed by atoms with Gasteiger partial charge in [0.25, 0.3) is 0 Å². The molecule has 37 heavy (non-hydrogen) atoms. The Balaban J connectivity index is 1.63. The van der Waals surface area contributed by atoms with Gasteiger partial charge in [0.15, 0.2) is 0 Å². The minimum absolute atomic E-state index is 0.0357. The number of thioether (sulfide) groups is 1. The molecule has 2 fully saturated rings. The lowest BCUT2D eigenvalue weighted by Gasteiger charge is -2.41. The number of carbonyl (C=O) groups is 3. The van der Waals surface area contributed by atoms with E-state index >= 15 is 0 Å². The Morgan fingerprint density at radius 2 is 1.65 bits per heavy atom. The van der Waals surface area contributed by atoms with Crippen molar-refractivity contribution in [3.8, 4) is 0 Å². The van der Waals surface area contributed by atoms with E-state index in [1.807, 2.05) is 75.1 Å². The molecule has 0 radical (unpaired) electrons. The van der Waals surface area contributed by atoms with Crippen molar-refractivity contribution in [1.29, 1.82) is 0 Å². The molecule has 5 rings (SSSR count). The summed E-state index contributed by atoms with van der Waals surface area (Å²) in [5.41, 5.74) is 0.391. The Kier molecular flexibility index (Phi) is 6.55. The van der Waals surface area contributed by atoms with Gasteiger partial charge in [-0.05, 0) is 52.7 Å². The summed E-state index contributed by atoms with van der Waals surface area (Å²) in [4.78, 5) is 48.2. The number of hydrogen-bond donors (Lipinski definition) is 1. The topological polar surface area (TPSA) is 81.2 Å². The SMILES string of the molecule is CC(C)(C)N1CC=C[C@]23S[C@]4(C)C=CCN(c5ccccc5)C(=O)[C@@H]4[C@H]2C(=O)N(CCCCO)C3C1=O. The zero-order chi connectivity index (χ0) is 26.6. The van der Waals surface area contributed by atoms with Crippen molar-refractivity contribution < 1.29 is 19.5 Å². The van der Waals surface area contributed by atoms with E-state index in [2.05, 4.69) is 12.2 Å². The highest BCUT2D eigenvalue weighted by atomic mass is 32.2. The minimum Gasteiger partial charge on any atom is -0.396 e. The van der Waals surface area contributed by atoms with Crippen LogP contribution in [0.4, 0.5) is 5.69 Å². The van der Waals surface area contributed by atoms with E-state index < -0.39 is 32.9 Å². The molecule has 8 heteroatoms. The van der Waals surface area contributed by atoms with Crippen LogP contribution in [-0.4, -0.2) is 79.9 Å². The van der Waals surface area contributed by atoms with Gasteiger partial charge in [-0.25, -0.2) is 0 Å². The zero-order valence-electron chi connectivity index (χ0n) is 22.1. The lowest BCUT2D eigenvalue weighted by molar-refractivity contribution is -0.145. The normalized spacial score (nSPS) is 33.4. The average Bonchev–Trinajstić information content (AvgIpc) is 3.10.